The molecule has 0 aliphatic rings. The molecule has 0 fully saturated rings. The summed E-state index contributed by atoms with van der Waals surface area (Å²) in [6.45, 7) is 0. The van der Waals surface area contributed by atoms with Gasteiger partial charge in [0.05, 0.1) is 11.1 Å². The fourth-order valence-electron chi connectivity index (χ4n) is 1.68. The van der Waals surface area contributed by atoms with Crippen molar-refractivity contribution in [2.75, 3.05) is 7.05 Å². The molecule has 0 saturated carbocycles. The zero-order valence-electron chi connectivity index (χ0n) is 9.01. The second-order valence-corrected chi connectivity index (χ2v) is 6.53. The standard InChI is InChI=1S/C12H10Br2ClNS/c1-16-11(12-9(14)5-6-17-12)7-3-2-4-8(13)10(7)15/h2-6,11,16H,1H3. The van der Waals surface area contributed by atoms with Gasteiger partial charge < -0.3 is 5.32 Å². The molecule has 1 aromatic carbocycles. The Morgan fingerprint density at radius 3 is 2.59 bits per heavy atom. The largest absolute Gasteiger partial charge is 0.309 e. The summed E-state index contributed by atoms with van der Waals surface area (Å²) in [5.41, 5.74) is 1.08. The molecule has 2 rings (SSSR count). The third-order valence-electron chi connectivity index (χ3n) is 2.49. The first kappa shape index (κ1) is 13.6. The normalized spacial score (nSPS) is 12.7. The number of thiophene rings is 1. The second kappa shape index (κ2) is 5.85. The van der Waals surface area contributed by atoms with Crippen molar-refractivity contribution in [3.8, 4) is 0 Å². The van der Waals surface area contributed by atoms with Crippen LogP contribution in [0.25, 0.3) is 0 Å². The van der Waals surface area contributed by atoms with Crippen molar-refractivity contribution in [3.63, 3.8) is 0 Å². The summed E-state index contributed by atoms with van der Waals surface area (Å²) in [5.74, 6) is 0. The van der Waals surface area contributed by atoms with E-state index in [0.717, 1.165) is 19.5 Å². The highest BCUT2D eigenvalue weighted by Crippen LogP contribution is 2.37. The number of rotatable bonds is 3. The van der Waals surface area contributed by atoms with Crippen LogP contribution in [0.5, 0.6) is 0 Å². The van der Waals surface area contributed by atoms with Gasteiger partial charge in [-0.05, 0) is 62.0 Å². The van der Waals surface area contributed by atoms with E-state index in [9.17, 15) is 0 Å². The summed E-state index contributed by atoms with van der Waals surface area (Å²) in [6.07, 6.45) is 0. The Morgan fingerprint density at radius 1 is 1.24 bits per heavy atom. The number of nitrogens with one attached hydrogen (secondary N) is 1. The molecule has 0 bridgehead atoms. The van der Waals surface area contributed by atoms with E-state index < -0.39 is 0 Å². The van der Waals surface area contributed by atoms with E-state index in [1.54, 1.807) is 11.3 Å². The van der Waals surface area contributed by atoms with Crippen LogP contribution >= 0.6 is 54.8 Å². The zero-order valence-corrected chi connectivity index (χ0v) is 13.8. The Hall–Kier alpha value is 0.130. The Bertz CT molecular complexity index is 527. The summed E-state index contributed by atoms with van der Waals surface area (Å²) in [6, 6.07) is 8.14. The number of halogens is 3. The van der Waals surface area contributed by atoms with Crippen LogP contribution in [-0.4, -0.2) is 7.05 Å². The van der Waals surface area contributed by atoms with Gasteiger partial charge in [-0.1, -0.05) is 23.7 Å². The van der Waals surface area contributed by atoms with Gasteiger partial charge in [0.15, 0.2) is 0 Å². The van der Waals surface area contributed by atoms with Gasteiger partial charge in [0.25, 0.3) is 0 Å². The highest BCUT2D eigenvalue weighted by molar-refractivity contribution is 9.10. The predicted octanol–water partition coefficient (Wildman–Crippen LogP) is 5.24. The molecule has 90 valence electrons. The molecule has 1 heterocycles. The second-order valence-electron chi connectivity index (χ2n) is 3.50. The maximum atomic E-state index is 6.34. The minimum atomic E-state index is 0.106. The van der Waals surface area contributed by atoms with Crippen LogP contribution < -0.4 is 5.32 Å². The lowest BCUT2D eigenvalue weighted by Gasteiger charge is -2.18. The summed E-state index contributed by atoms with van der Waals surface area (Å²) in [4.78, 5) is 1.23. The van der Waals surface area contributed by atoms with Crippen molar-refractivity contribution < 1.29 is 0 Å². The fourth-order valence-corrected chi connectivity index (χ4v) is 4.03. The Kier molecular flexibility index (Phi) is 4.66. The van der Waals surface area contributed by atoms with Crippen molar-refractivity contribution >= 4 is 54.8 Å². The lowest BCUT2D eigenvalue weighted by Crippen LogP contribution is -2.17. The Labute approximate surface area is 126 Å². The van der Waals surface area contributed by atoms with Gasteiger partial charge >= 0.3 is 0 Å². The minimum absolute atomic E-state index is 0.106. The van der Waals surface area contributed by atoms with Gasteiger partial charge in [0.2, 0.25) is 0 Å². The molecule has 0 aliphatic carbocycles. The molecule has 1 atom stereocenters. The van der Waals surface area contributed by atoms with Gasteiger partial charge in [-0.25, -0.2) is 0 Å². The molecular formula is C12H10Br2ClNS. The van der Waals surface area contributed by atoms with E-state index in [4.69, 9.17) is 11.6 Å². The van der Waals surface area contributed by atoms with Gasteiger partial charge in [0.1, 0.15) is 0 Å². The molecule has 0 saturated heterocycles. The molecule has 17 heavy (non-hydrogen) atoms. The summed E-state index contributed by atoms with van der Waals surface area (Å²) >= 11 is 15.1. The third-order valence-corrected chi connectivity index (χ3v) is 5.73. The van der Waals surface area contributed by atoms with Gasteiger partial charge in [-0.2, -0.15) is 0 Å². The highest BCUT2D eigenvalue weighted by atomic mass is 79.9. The van der Waals surface area contributed by atoms with Gasteiger partial charge in [-0.15, -0.1) is 11.3 Å². The van der Waals surface area contributed by atoms with E-state index in [1.807, 2.05) is 25.2 Å². The first-order valence-corrected chi connectivity index (χ1v) is 7.83. The average molecular weight is 396 g/mol. The van der Waals surface area contributed by atoms with E-state index in [-0.39, 0.29) is 6.04 Å². The summed E-state index contributed by atoms with van der Waals surface area (Å²) in [5, 5.41) is 6.13. The quantitative estimate of drug-likeness (QED) is 0.750. The van der Waals surface area contributed by atoms with E-state index in [0.29, 0.717) is 0 Å². The smallest absolute Gasteiger partial charge is 0.0695 e. The van der Waals surface area contributed by atoms with Crippen LogP contribution in [0.15, 0.2) is 38.6 Å². The van der Waals surface area contributed by atoms with Crippen molar-refractivity contribution in [1.82, 2.24) is 5.32 Å². The Morgan fingerprint density at radius 2 is 2.00 bits per heavy atom. The van der Waals surface area contributed by atoms with Gasteiger partial charge in [0, 0.05) is 13.8 Å². The molecule has 1 unspecified atom stereocenters. The molecule has 0 radical (unpaired) electrons. The first-order valence-electron chi connectivity index (χ1n) is 4.99. The monoisotopic (exact) mass is 393 g/mol. The minimum Gasteiger partial charge on any atom is -0.309 e. The van der Waals surface area contributed by atoms with E-state index in [2.05, 4.69) is 48.6 Å². The van der Waals surface area contributed by atoms with Crippen LogP contribution in [0, 0.1) is 0 Å². The SMILES string of the molecule is CNC(c1cccc(Br)c1Cl)c1sccc1Br. The molecule has 1 N–H and O–H groups in total. The summed E-state index contributed by atoms with van der Waals surface area (Å²) in [7, 11) is 1.94. The maximum Gasteiger partial charge on any atom is 0.0695 e. The average Bonchev–Trinajstić information content (AvgIpc) is 2.72. The number of hydrogen-bond donors (Lipinski definition) is 1. The van der Waals surface area contributed by atoms with Crippen LogP contribution in [-0.2, 0) is 0 Å². The third kappa shape index (κ3) is 2.76. The molecule has 0 amide bonds. The fraction of sp³-hybridized carbons (Fsp3) is 0.167. The van der Waals surface area contributed by atoms with E-state index >= 15 is 0 Å². The Balaban J connectivity index is 2.50. The van der Waals surface area contributed by atoms with Crippen LogP contribution in [0.4, 0.5) is 0 Å². The molecule has 2 aromatic rings. The van der Waals surface area contributed by atoms with Crippen LogP contribution in [0.2, 0.25) is 5.02 Å². The lowest BCUT2D eigenvalue weighted by atomic mass is 10.1. The van der Waals surface area contributed by atoms with E-state index in [1.165, 1.54) is 4.88 Å². The molecule has 1 aromatic heterocycles. The van der Waals surface area contributed by atoms with Crippen molar-refractivity contribution in [2.45, 2.75) is 6.04 Å². The van der Waals surface area contributed by atoms with Gasteiger partial charge in [-0.3, -0.25) is 0 Å². The van der Waals surface area contributed by atoms with Crippen LogP contribution in [0.3, 0.4) is 0 Å². The van der Waals surface area contributed by atoms with Crippen LogP contribution in [0.1, 0.15) is 16.5 Å². The topological polar surface area (TPSA) is 12.0 Å². The van der Waals surface area contributed by atoms with Crippen molar-refractivity contribution in [3.05, 3.63) is 54.1 Å². The molecule has 0 aliphatic heterocycles. The molecular weight excluding hydrogens is 385 g/mol. The predicted molar refractivity (Wildman–Crippen MR) is 82.1 cm³/mol. The molecule has 0 spiro atoms. The maximum absolute atomic E-state index is 6.34. The number of hydrogen-bond acceptors (Lipinski definition) is 2. The first-order chi connectivity index (χ1) is 8.15. The number of benzene rings is 1. The zero-order chi connectivity index (χ0) is 12.4. The van der Waals surface area contributed by atoms with Crippen molar-refractivity contribution in [2.24, 2.45) is 0 Å². The summed E-state index contributed by atoms with van der Waals surface area (Å²) < 4.78 is 2.03. The molecule has 1 nitrogen and oxygen atoms in total. The molecule has 5 heteroatoms. The highest BCUT2D eigenvalue weighted by Gasteiger charge is 2.19. The van der Waals surface area contributed by atoms with Crippen molar-refractivity contribution in [1.29, 1.82) is 0 Å². The lowest BCUT2D eigenvalue weighted by molar-refractivity contribution is 0.701.